The van der Waals surface area contributed by atoms with Crippen LogP contribution in [0.5, 0.6) is 0 Å². The summed E-state index contributed by atoms with van der Waals surface area (Å²) in [6, 6.07) is -1.58. The molecular formula is C10H18N2O9. The number of aliphatic hydroxyl groups is 3. The average molecular weight is 310 g/mol. The van der Waals surface area contributed by atoms with Gasteiger partial charge in [-0.3, -0.25) is 14.9 Å². The van der Waals surface area contributed by atoms with Crippen LogP contribution in [-0.2, 0) is 14.4 Å². The molecule has 4 atom stereocenters. The summed E-state index contributed by atoms with van der Waals surface area (Å²) >= 11 is 0. The molecule has 0 saturated heterocycles. The fraction of sp³-hybridized carbons (Fsp3) is 0.700. The van der Waals surface area contributed by atoms with E-state index in [4.69, 9.17) is 20.4 Å². The smallest absolute Gasteiger partial charge is 0.335 e. The van der Waals surface area contributed by atoms with Crippen LogP contribution < -0.4 is 10.6 Å². The monoisotopic (exact) mass is 310 g/mol. The molecule has 0 rings (SSSR count). The molecular weight excluding hydrogens is 292 g/mol. The lowest BCUT2D eigenvalue weighted by molar-refractivity contribution is -0.152. The number of aliphatic hydroxyl groups excluding tert-OH is 3. The average Bonchev–Trinajstić information content (AvgIpc) is 2.36. The first kappa shape index (κ1) is 19.2. The van der Waals surface area contributed by atoms with Crippen molar-refractivity contribution in [3.8, 4) is 0 Å². The van der Waals surface area contributed by atoms with Crippen molar-refractivity contribution in [3.63, 3.8) is 0 Å². The summed E-state index contributed by atoms with van der Waals surface area (Å²) < 4.78 is 0. The Hall–Kier alpha value is -1.79. The molecule has 0 saturated carbocycles. The maximum Gasteiger partial charge on any atom is 0.335 e. The Bertz CT molecular complexity index is 376. The topological polar surface area (TPSA) is 197 Å². The van der Waals surface area contributed by atoms with E-state index in [1.54, 1.807) is 0 Å². The number of hydrogen-bond acceptors (Lipinski definition) is 8. The Kier molecular flexibility index (Phi) is 8.42. The van der Waals surface area contributed by atoms with Crippen molar-refractivity contribution in [1.82, 2.24) is 10.6 Å². The number of carboxylic acids is 3. The minimum atomic E-state index is -2.10. The molecule has 0 aliphatic carbocycles. The van der Waals surface area contributed by atoms with Crippen LogP contribution in [0.4, 0.5) is 0 Å². The van der Waals surface area contributed by atoms with Crippen LogP contribution >= 0.6 is 0 Å². The van der Waals surface area contributed by atoms with Gasteiger partial charge in [-0.1, -0.05) is 0 Å². The van der Waals surface area contributed by atoms with Gasteiger partial charge in [0, 0.05) is 13.1 Å². The Morgan fingerprint density at radius 3 is 1.86 bits per heavy atom. The summed E-state index contributed by atoms with van der Waals surface area (Å²) in [5, 5.41) is 58.1. The molecule has 0 aromatic heterocycles. The maximum absolute atomic E-state index is 10.9. The highest BCUT2D eigenvalue weighted by molar-refractivity contribution is 5.74. The molecule has 0 aromatic carbocycles. The molecule has 0 aromatic rings. The van der Waals surface area contributed by atoms with Crippen molar-refractivity contribution in [2.75, 3.05) is 19.6 Å². The molecule has 2 unspecified atom stereocenters. The number of carboxylic acid groups (broad SMARTS) is 3. The summed E-state index contributed by atoms with van der Waals surface area (Å²) in [6.45, 7) is -1.43. The number of aliphatic carboxylic acids is 3. The predicted molar refractivity (Wildman–Crippen MR) is 65.6 cm³/mol. The molecule has 0 bridgehead atoms. The minimum Gasteiger partial charge on any atom is -0.480 e. The standard InChI is InChI=1S/C10H18N2O9/c13-4(1-11-3-6(15)16)7(9(18)19)12-2-5(14)8(17)10(20)21/h4-5,7-8,11-14,17H,1-3H2,(H,15,16)(H,18,19)(H,20,21)/t4-,5?,7+,8?/m1/s1. The van der Waals surface area contributed by atoms with Gasteiger partial charge in [0.25, 0.3) is 0 Å². The highest BCUT2D eigenvalue weighted by Gasteiger charge is 2.29. The Morgan fingerprint density at radius 1 is 0.857 bits per heavy atom. The van der Waals surface area contributed by atoms with Gasteiger partial charge in [-0.05, 0) is 0 Å². The van der Waals surface area contributed by atoms with Crippen LogP contribution in [0.15, 0.2) is 0 Å². The molecule has 11 nitrogen and oxygen atoms in total. The molecule has 11 heteroatoms. The van der Waals surface area contributed by atoms with E-state index in [2.05, 4.69) is 10.6 Å². The fourth-order valence-electron chi connectivity index (χ4n) is 1.36. The fourth-order valence-corrected chi connectivity index (χ4v) is 1.36. The van der Waals surface area contributed by atoms with Gasteiger partial charge in [0.05, 0.1) is 12.6 Å². The van der Waals surface area contributed by atoms with Gasteiger partial charge in [-0.25, -0.2) is 4.79 Å². The number of nitrogens with one attached hydrogen (secondary N) is 2. The summed E-state index contributed by atoms with van der Waals surface area (Å²) in [4.78, 5) is 31.6. The van der Waals surface area contributed by atoms with E-state index >= 15 is 0 Å². The number of rotatable bonds is 11. The van der Waals surface area contributed by atoms with Crippen LogP contribution in [-0.4, -0.2) is 92.5 Å². The first-order valence-electron chi connectivity index (χ1n) is 5.82. The van der Waals surface area contributed by atoms with Crippen LogP contribution in [0.25, 0.3) is 0 Å². The summed E-state index contributed by atoms with van der Waals surface area (Å²) in [5.41, 5.74) is 0. The molecule has 0 spiro atoms. The minimum absolute atomic E-state index is 0.353. The molecule has 0 heterocycles. The maximum atomic E-state index is 10.9. The van der Waals surface area contributed by atoms with E-state index < -0.39 is 55.4 Å². The molecule has 0 aliphatic heterocycles. The predicted octanol–water partition coefficient (Wildman–Crippen LogP) is -4.13. The van der Waals surface area contributed by atoms with Gasteiger partial charge >= 0.3 is 17.9 Å². The zero-order chi connectivity index (χ0) is 16.6. The normalized spacial score (nSPS) is 16.7. The van der Waals surface area contributed by atoms with Gasteiger partial charge in [-0.2, -0.15) is 0 Å². The van der Waals surface area contributed by atoms with Crippen molar-refractivity contribution >= 4 is 17.9 Å². The zero-order valence-electron chi connectivity index (χ0n) is 10.8. The van der Waals surface area contributed by atoms with Crippen LogP contribution in [0.1, 0.15) is 0 Å². The second-order valence-corrected chi connectivity index (χ2v) is 4.17. The van der Waals surface area contributed by atoms with Crippen LogP contribution in [0, 0.1) is 0 Å². The number of carbonyl (C=O) groups is 3. The zero-order valence-corrected chi connectivity index (χ0v) is 10.8. The van der Waals surface area contributed by atoms with Crippen molar-refractivity contribution in [2.45, 2.75) is 24.4 Å². The molecule has 0 amide bonds. The van der Waals surface area contributed by atoms with Crippen molar-refractivity contribution in [1.29, 1.82) is 0 Å². The van der Waals surface area contributed by atoms with Gasteiger partial charge in [0.1, 0.15) is 12.1 Å². The van der Waals surface area contributed by atoms with E-state index in [-0.39, 0.29) is 6.54 Å². The van der Waals surface area contributed by atoms with Gasteiger partial charge in [-0.15, -0.1) is 0 Å². The molecule has 0 aliphatic rings. The van der Waals surface area contributed by atoms with Crippen molar-refractivity contribution < 1.29 is 45.0 Å². The third-order valence-electron chi connectivity index (χ3n) is 2.44. The SMILES string of the molecule is O=C(O)CNC[C@@H](O)[C@H](NCC(O)C(O)C(=O)O)C(=O)O. The third-order valence-corrected chi connectivity index (χ3v) is 2.44. The van der Waals surface area contributed by atoms with E-state index in [0.717, 1.165) is 0 Å². The van der Waals surface area contributed by atoms with E-state index in [1.165, 1.54) is 0 Å². The largest absolute Gasteiger partial charge is 0.480 e. The molecule has 122 valence electrons. The van der Waals surface area contributed by atoms with Crippen LogP contribution in [0.2, 0.25) is 0 Å². The lowest BCUT2D eigenvalue weighted by Gasteiger charge is -2.23. The first-order chi connectivity index (χ1) is 9.66. The molecule has 0 fully saturated rings. The summed E-state index contributed by atoms with van der Waals surface area (Å²) in [6.07, 6.45) is -5.41. The Labute approximate surface area is 118 Å². The Balaban J connectivity index is 4.39. The Morgan fingerprint density at radius 2 is 1.43 bits per heavy atom. The van der Waals surface area contributed by atoms with Gasteiger partial charge in [0.15, 0.2) is 6.10 Å². The molecule has 8 N–H and O–H groups in total. The second-order valence-electron chi connectivity index (χ2n) is 4.17. The highest BCUT2D eigenvalue weighted by atomic mass is 16.4. The lowest BCUT2D eigenvalue weighted by atomic mass is 10.1. The van der Waals surface area contributed by atoms with Crippen molar-refractivity contribution in [2.24, 2.45) is 0 Å². The van der Waals surface area contributed by atoms with Gasteiger partial charge in [0.2, 0.25) is 0 Å². The molecule has 21 heavy (non-hydrogen) atoms. The van der Waals surface area contributed by atoms with Crippen LogP contribution in [0.3, 0.4) is 0 Å². The van der Waals surface area contributed by atoms with E-state index in [0.29, 0.717) is 0 Å². The van der Waals surface area contributed by atoms with E-state index in [9.17, 15) is 24.6 Å². The second kappa shape index (κ2) is 9.20. The third kappa shape index (κ3) is 7.53. The number of hydrogen-bond donors (Lipinski definition) is 8. The highest BCUT2D eigenvalue weighted by Crippen LogP contribution is 1.97. The van der Waals surface area contributed by atoms with Gasteiger partial charge < -0.3 is 36.0 Å². The van der Waals surface area contributed by atoms with E-state index in [1.807, 2.05) is 0 Å². The van der Waals surface area contributed by atoms with Crippen molar-refractivity contribution in [3.05, 3.63) is 0 Å². The summed E-state index contributed by atoms with van der Waals surface area (Å²) in [5.74, 6) is -4.36. The first-order valence-corrected chi connectivity index (χ1v) is 5.82. The lowest BCUT2D eigenvalue weighted by Crippen LogP contribution is -2.53. The molecule has 0 radical (unpaired) electrons. The summed E-state index contributed by atoms with van der Waals surface area (Å²) in [7, 11) is 0. The quantitative estimate of drug-likeness (QED) is 0.184.